The van der Waals surface area contributed by atoms with E-state index in [0.29, 0.717) is 12.2 Å². The van der Waals surface area contributed by atoms with Crippen LogP contribution in [0.2, 0.25) is 0 Å². The standard InChI is InChI=1S/C23H27N5O.ClH/c1-17-7-9-18(10-8-17)21-15-22(27-26-21)23(29)28(16-19-5-2-3-13-25-19)20-6-4-12-24-14-11-20;/h2-3,5,7-10,13,15,20,24H,4,6,11-12,14,16H2,1H3,(H,26,27);1H. The number of aromatic amines is 1. The van der Waals surface area contributed by atoms with Gasteiger partial charge in [-0.15, -0.1) is 12.4 Å². The second kappa shape index (κ2) is 10.4. The van der Waals surface area contributed by atoms with Gasteiger partial charge >= 0.3 is 0 Å². The van der Waals surface area contributed by atoms with Gasteiger partial charge in [0.2, 0.25) is 0 Å². The minimum atomic E-state index is -0.0200. The molecule has 4 rings (SSSR count). The molecule has 30 heavy (non-hydrogen) atoms. The van der Waals surface area contributed by atoms with Crippen LogP contribution in [0.4, 0.5) is 0 Å². The molecule has 7 heteroatoms. The van der Waals surface area contributed by atoms with Crippen LogP contribution in [0.5, 0.6) is 0 Å². The number of aryl methyl sites for hydroxylation is 1. The SMILES string of the molecule is Cc1ccc(-c2cc(C(=O)N(Cc3ccccn3)C3CCCNCC3)[nH]n2)cc1.Cl. The lowest BCUT2D eigenvalue weighted by molar-refractivity contribution is 0.0636. The van der Waals surface area contributed by atoms with Gasteiger partial charge in [0.1, 0.15) is 5.69 Å². The maximum Gasteiger partial charge on any atom is 0.272 e. The van der Waals surface area contributed by atoms with Crippen molar-refractivity contribution in [3.63, 3.8) is 0 Å². The summed E-state index contributed by atoms with van der Waals surface area (Å²) in [5, 5.41) is 10.8. The molecule has 0 spiro atoms. The molecular weight excluding hydrogens is 398 g/mol. The summed E-state index contributed by atoms with van der Waals surface area (Å²) in [6, 6.07) is 16.0. The van der Waals surface area contributed by atoms with Crippen molar-refractivity contribution in [3.8, 4) is 11.3 Å². The summed E-state index contributed by atoms with van der Waals surface area (Å²) in [6.45, 7) is 4.49. The van der Waals surface area contributed by atoms with E-state index in [-0.39, 0.29) is 24.4 Å². The van der Waals surface area contributed by atoms with Crippen LogP contribution in [-0.4, -0.2) is 45.1 Å². The highest BCUT2D eigenvalue weighted by molar-refractivity contribution is 5.93. The molecule has 0 radical (unpaired) electrons. The van der Waals surface area contributed by atoms with E-state index in [1.54, 1.807) is 6.20 Å². The summed E-state index contributed by atoms with van der Waals surface area (Å²) in [5.41, 5.74) is 4.41. The number of H-pyrrole nitrogens is 1. The van der Waals surface area contributed by atoms with E-state index in [2.05, 4.69) is 39.6 Å². The molecule has 3 aromatic rings. The van der Waals surface area contributed by atoms with Crippen molar-refractivity contribution in [1.82, 2.24) is 25.4 Å². The van der Waals surface area contributed by atoms with Crippen molar-refractivity contribution in [2.75, 3.05) is 13.1 Å². The smallest absolute Gasteiger partial charge is 0.272 e. The highest BCUT2D eigenvalue weighted by atomic mass is 35.5. The first-order chi connectivity index (χ1) is 14.2. The molecule has 1 aliphatic heterocycles. The largest absolute Gasteiger partial charge is 0.328 e. The summed E-state index contributed by atoms with van der Waals surface area (Å²) in [5.74, 6) is -0.0200. The van der Waals surface area contributed by atoms with Gasteiger partial charge in [0.05, 0.1) is 17.9 Å². The molecule has 1 fully saturated rings. The van der Waals surface area contributed by atoms with Gasteiger partial charge in [0, 0.05) is 17.8 Å². The van der Waals surface area contributed by atoms with Crippen LogP contribution >= 0.6 is 12.4 Å². The Balaban J connectivity index is 0.00000256. The van der Waals surface area contributed by atoms with Crippen LogP contribution in [0.1, 0.15) is 41.0 Å². The van der Waals surface area contributed by atoms with E-state index in [4.69, 9.17) is 0 Å². The van der Waals surface area contributed by atoms with Crippen LogP contribution < -0.4 is 5.32 Å². The number of halogens is 1. The Morgan fingerprint density at radius 1 is 1.13 bits per heavy atom. The molecule has 158 valence electrons. The zero-order valence-electron chi connectivity index (χ0n) is 17.2. The fourth-order valence-electron chi connectivity index (χ4n) is 3.80. The van der Waals surface area contributed by atoms with Crippen molar-refractivity contribution in [2.45, 2.75) is 38.8 Å². The number of pyridine rings is 1. The molecule has 2 N–H and O–H groups in total. The number of hydrogen-bond donors (Lipinski definition) is 2. The number of benzene rings is 1. The quantitative estimate of drug-likeness (QED) is 0.648. The van der Waals surface area contributed by atoms with E-state index in [1.807, 2.05) is 41.3 Å². The monoisotopic (exact) mass is 425 g/mol. The van der Waals surface area contributed by atoms with E-state index < -0.39 is 0 Å². The topological polar surface area (TPSA) is 73.9 Å². The van der Waals surface area contributed by atoms with E-state index >= 15 is 0 Å². The average molecular weight is 426 g/mol. The lowest BCUT2D eigenvalue weighted by Crippen LogP contribution is -2.40. The average Bonchev–Trinajstić information content (AvgIpc) is 3.09. The molecule has 1 amide bonds. The number of aromatic nitrogens is 3. The normalized spacial score (nSPS) is 16.4. The van der Waals surface area contributed by atoms with Gasteiger partial charge in [-0.05, 0) is 57.5 Å². The van der Waals surface area contributed by atoms with E-state index in [9.17, 15) is 4.79 Å². The summed E-state index contributed by atoms with van der Waals surface area (Å²) in [6.07, 6.45) is 4.77. The number of carbonyl (C=O) groups excluding carboxylic acids is 1. The van der Waals surface area contributed by atoms with Gasteiger partial charge in [0.15, 0.2) is 0 Å². The first-order valence-electron chi connectivity index (χ1n) is 10.2. The highest BCUT2D eigenvalue weighted by Crippen LogP contribution is 2.22. The third kappa shape index (κ3) is 5.26. The number of nitrogens with zero attached hydrogens (tertiary/aromatic N) is 3. The molecule has 1 unspecified atom stereocenters. The van der Waals surface area contributed by atoms with Gasteiger partial charge in [-0.2, -0.15) is 5.10 Å². The number of amides is 1. The molecule has 6 nitrogen and oxygen atoms in total. The van der Waals surface area contributed by atoms with Crippen LogP contribution in [0.25, 0.3) is 11.3 Å². The van der Waals surface area contributed by atoms with Crippen molar-refractivity contribution in [1.29, 1.82) is 0 Å². The fourth-order valence-corrected chi connectivity index (χ4v) is 3.80. The Morgan fingerprint density at radius 3 is 2.73 bits per heavy atom. The van der Waals surface area contributed by atoms with Crippen molar-refractivity contribution in [3.05, 3.63) is 71.7 Å². The van der Waals surface area contributed by atoms with Gasteiger partial charge < -0.3 is 10.2 Å². The number of carbonyl (C=O) groups is 1. The van der Waals surface area contributed by atoms with Gasteiger partial charge in [0.25, 0.3) is 5.91 Å². The van der Waals surface area contributed by atoms with Crippen LogP contribution in [-0.2, 0) is 6.54 Å². The summed E-state index contributed by atoms with van der Waals surface area (Å²) < 4.78 is 0. The zero-order chi connectivity index (χ0) is 20.1. The third-order valence-corrected chi connectivity index (χ3v) is 5.46. The highest BCUT2D eigenvalue weighted by Gasteiger charge is 2.27. The summed E-state index contributed by atoms with van der Waals surface area (Å²) in [7, 11) is 0. The Labute approximate surface area is 183 Å². The minimum absolute atomic E-state index is 0. The molecule has 1 atom stereocenters. The molecule has 3 heterocycles. The predicted molar refractivity (Wildman–Crippen MR) is 121 cm³/mol. The molecule has 2 aromatic heterocycles. The Hall–Kier alpha value is -2.70. The van der Waals surface area contributed by atoms with Gasteiger partial charge in [-0.1, -0.05) is 35.9 Å². The van der Waals surface area contributed by atoms with E-state index in [0.717, 1.165) is 49.3 Å². The van der Waals surface area contributed by atoms with Crippen LogP contribution in [0.15, 0.2) is 54.7 Å². The summed E-state index contributed by atoms with van der Waals surface area (Å²) in [4.78, 5) is 19.9. The second-order valence-corrected chi connectivity index (χ2v) is 7.62. The van der Waals surface area contributed by atoms with Crippen molar-refractivity contribution >= 4 is 18.3 Å². The molecule has 1 saturated heterocycles. The number of rotatable bonds is 5. The van der Waals surface area contributed by atoms with Crippen molar-refractivity contribution in [2.24, 2.45) is 0 Å². The number of hydrogen-bond acceptors (Lipinski definition) is 4. The Kier molecular flexibility index (Phi) is 7.60. The second-order valence-electron chi connectivity index (χ2n) is 7.62. The predicted octanol–water partition coefficient (Wildman–Crippen LogP) is 3.99. The third-order valence-electron chi connectivity index (χ3n) is 5.46. The number of nitrogens with one attached hydrogen (secondary N) is 2. The Morgan fingerprint density at radius 2 is 1.97 bits per heavy atom. The van der Waals surface area contributed by atoms with Crippen LogP contribution in [0.3, 0.4) is 0 Å². The fraction of sp³-hybridized carbons (Fsp3) is 0.348. The lowest BCUT2D eigenvalue weighted by atomic mass is 10.1. The molecule has 1 aromatic carbocycles. The first kappa shape index (κ1) is 22.0. The molecule has 0 aliphatic carbocycles. The van der Waals surface area contributed by atoms with E-state index in [1.165, 1.54) is 5.56 Å². The lowest BCUT2D eigenvalue weighted by Gasteiger charge is -2.30. The maximum absolute atomic E-state index is 13.5. The zero-order valence-corrected chi connectivity index (χ0v) is 18.0. The van der Waals surface area contributed by atoms with Crippen molar-refractivity contribution < 1.29 is 4.79 Å². The van der Waals surface area contributed by atoms with Gasteiger partial charge in [-0.3, -0.25) is 14.9 Å². The first-order valence-corrected chi connectivity index (χ1v) is 10.2. The Bertz CT molecular complexity index is 934. The molecule has 1 aliphatic rings. The minimum Gasteiger partial charge on any atom is -0.328 e. The molecular formula is C23H28ClN5O. The summed E-state index contributed by atoms with van der Waals surface area (Å²) >= 11 is 0. The van der Waals surface area contributed by atoms with Crippen LogP contribution in [0, 0.1) is 6.92 Å². The molecule has 0 saturated carbocycles. The molecule has 0 bridgehead atoms. The maximum atomic E-state index is 13.5. The van der Waals surface area contributed by atoms with Gasteiger partial charge in [-0.25, -0.2) is 0 Å².